The Kier molecular flexibility index (Phi) is 6.65. The third kappa shape index (κ3) is 5.40. The minimum absolute atomic E-state index is 0.0503. The number of halogens is 1. The van der Waals surface area contributed by atoms with E-state index in [0.717, 1.165) is 43.8 Å². The zero-order chi connectivity index (χ0) is 15.1. The van der Waals surface area contributed by atoms with E-state index in [9.17, 15) is 4.39 Å². The molecule has 21 heavy (non-hydrogen) atoms. The molecule has 118 valence electrons. The fourth-order valence-electron chi connectivity index (χ4n) is 2.96. The highest BCUT2D eigenvalue weighted by molar-refractivity contribution is 5.19. The summed E-state index contributed by atoms with van der Waals surface area (Å²) in [5.41, 5.74) is 0.942. The van der Waals surface area contributed by atoms with Crippen molar-refractivity contribution < 1.29 is 9.13 Å². The van der Waals surface area contributed by atoms with Crippen LogP contribution in [0.1, 0.15) is 57.6 Å². The molecule has 1 saturated carbocycles. The second-order valence-electron chi connectivity index (χ2n) is 6.27. The van der Waals surface area contributed by atoms with Gasteiger partial charge in [0.05, 0.1) is 12.2 Å². The number of rotatable bonds is 7. The quantitative estimate of drug-likeness (QED) is 0.749. The largest absolute Gasteiger partial charge is 0.369 e. The number of hydrogen-bond acceptors (Lipinski definition) is 2. The van der Waals surface area contributed by atoms with Gasteiger partial charge in [0.25, 0.3) is 0 Å². The molecule has 1 fully saturated rings. The van der Waals surface area contributed by atoms with Crippen LogP contribution < -0.4 is 5.32 Å². The van der Waals surface area contributed by atoms with Crippen LogP contribution in [0.3, 0.4) is 0 Å². The Labute approximate surface area is 128 Å². The molecule has 0 amide bonds. The molecule has 0 aliphatic heterocycles. The first kappa shape index (κ1) is 16.4. The van der Waals surface area contributed by atoms with Crippen LogP contribution in [0.2, 0.25) is 0 Å². The van der Waals surface area contributed by atoms with E-state index in [1.54, 1.807) is 12.1 Å². The fraction of sp³-hybridized carbons (Fsp3) is 0.667. The lowest BCUT2D eigenvalue weighted by Crippen LogP contribution is -2.29. The van der Waals surface area contributed by atoms with Crippen molar-refractivity contribution in [1.29, 1.82) is 0 Å². The van der Waals surface area contributed by atoms with E-state index in [0.29, 0.717) is 6.10 Å². The van der Waals surface area contributed by atoms with Crippen LogP contribution in [-0.2, 0) is 4.74 Å². The summed E-state index contributed by atoms with van der Waals surface area (Å²) < 4.78 is 19.8. The van der Waals surface area contributed by atoms with Crippen LogP contribution >= 0.6 is 0 Å². The minimum Gasteiger partial charge on any atom is -0.369 e. The zero-order valence-electron chi connectivity index (χ0n) is 13.3. The average Bonchev–Trinajstić information content (AvgIpc) is 2.48. The lowest BCUT2D eigenvalue weighted by Gasteiger charge is -2.30. The highest BCUT2D eigenvalue weighted by atomic mass is 19.1. The Hall–Kier alpha value is -0.930. The maximum absolute atomic E-state index is 13.5. The second-order valence-corrected chi connectivity index (χ2v) is 6.27. The molecular formula is C18H28FNO. The molecule has 1 unspecified atom stereocenters. The predicted molar refractivity (Wildman–Crippen MR) is 84.8 cm³/mol. The van der Waals surface area contributed by atoms with Gasteiger partial charge >= 0.3 is 0 Å². The smallest absolute Gasteiger partial charge is 0.123 e. The Morgan fingerprint density at radius 2 is 2.05 bits per heavy atom. The molecule has 1 aromatic rings. The number of benzene rings is 1. The van der Waals surface area contributed by atoms with E-state index in [2.05, 4.69) is 19.2 Å². The van der Waals surface area contributed by atoms with Gasteiger partial charge in [0.2, 0.25) is 0 Å². The van der Waals surface area contributed by atoms with Crippen LogP contribution in [0, 0.1) is 11.7 Å². The standard InChI is InChI=1S/C18H28FNO/c1-3-11-20-13-18(15-5-4-6-16(19)12-15)21-17-9-7-14(2)8-10-17/h4-6,12,14,17-18,20H,3,7-11,13H2,1-2H3. The first-order valence-corrected chi connectivity index (χ1v) is 8.30. The van der Waals surface area contributed by atoms with Crippen LogP contribution in [-0.4, -0.2) is 19.2 Å². The summed E-state index contributed by atoms with van der Waals surface area (Å²) >= 11 is 0. The van der Waals surface area contributed by atoms with Crippen molar-refractivity contribution in [3.05, 3.63) is 35.6 Å². The summed E-state index contributed by atoms with van der Waals surface area (Å²) in [6.07, 6.45) is 6.09. The SMILES string of the molecule is CCCNCC(OC1CCC(C)CC1)c1cccc(F)c1. The highest BCUT2D eigenvalue weighted by Gasteiger charge is 2.23. The molecule has 1 N–H and O–H groups in total. The van der Waals surface area contributed by atoms with E-state index >= 15 is 0 Å². The molecule has 1 aliphatic rings. The van der Waals surface area contributed by atoms with Crippen LogP contribution in [0.4, 0.5) is 4.39 Å². The molecule has 1 aliphatic carbocycles. The van der Waals surface area contributed by atoms with Gasteiger partial charge in [-0.05, 0) is 62.3 Å². The second kappa shape index (κ2) is 8.50. The van der Waals surface area contributed by atoms with E-state index in [1.165, 1.54) is 18.9 Å². The number of nitrogens with one attached hydrogen (secondary N) is 1. The third-order valence-electron chi connectivity index (χ3n) is 4.30. The lowest BCUT2D eigenvalue weighted by molar-refractivity contribution is -0.0363. The number of hydrogen-bond donors (Lipinski definition) is 1. The van der Waals surface area contributed by atoms with Gasteiger partial charge in [0, 0.05) is 6.54 Å². The van der Waals surface area contributed by atoms with Gasteiger partial charge < -0.3 is 10.1 Å². The molecule has 0 radical (unpaired) electrons. The Balaban J connectivity index is 1.98. The maximum Gasteiger partial charge on any atom is 0.123 e. The molecule has 0 saturated heterocycles. The van der Waals surface area contributed by atoms with Crippen molar-refractivity contribution in [2.75, 3.05) is 13.1 Å². The molecule has 0 heterocycles. The fourth-order valence-corrected chi connectivity index (χ4v) is 2.96. The molecule has 2 rings (SSSR count). The summed E-state index contributed by atoms with van der Waals surface area (Å²) in [5.74, 6) is 0.629. The molecule has 1 atom stereocenters. The molecular weight excluding hydrogens is 265 g/mol. The van der Waals surface area contributed by atoms with Crippen molar-refractivity contribution in [2.45, 2.75) is 58.2 Å². The summed E-state index contributed by atoms with van der Waals surface area (Å²) in [5, 5.41) is 3.40. The summed E-state index contributed by atoms with van der Waals surface area (Å²) in [6, 6.07) is 6.82. The van der Waals surface area contributed by atoms with Crippen molar-refractivity contribution in [1.82, 2.24) is 5.32 Å². The van der Waals surface area contributed by atoms with E-state index in [1.807, 2.05) is 6.07 Å². The first-order chi connectivity index (χ1) is 10.2. The normalized spacial score (nSPS) is 24.0. The monoisotopic (exact) mass is 293 g/mol. The van der Waals surface area contributed by atoms with Gasteiger partial charge in [-0.15, -0.1) is 0 Å². The summed E-state index contributed by atoms with van der Waals surface area (Å²) in [4.78, 5) is 0. The van der Waals surface area contributed by atoms with Gasteiger partial charge in [-0.3, -0.25) is 0 Å². The van der Waals surface area contributed by atoms with E-state index in [4.69, 9.17) is 4.74 Å². The van der Waals surface area contributed by atoms with Crippen molar-refractivity contribution >= 4 is 0 Å². The summed E-state index contributed by atoms with van der Waals surface area (Å²) in [6.45, 7) is 6.18. The molecule has 0 aromatic heterocycles. The Morgan fingerprint density at radius 3 is 2.71 bits per heavy atom. The first-order valence-electron chi connectivity index (χ1n) is 8.30. The van der Waals surface area contributed by atoms with E-state index < -0.39 is 0 Å². The number of ether oxygens (including phenoxy) is 1. The van der Waals surface area contributed by atoms with Gasteiger partial charge in [0.15, 0.2) is 0 Å². The van der Waals surface area contributed by atoms with Crippen LogP contribution in [0.25, 0.3) is 0 Å². The van der Waals surface area contributed by atoms with Crippen molar-refractivity contribution in [2.24, 2.45) is 5.92 Å². The molecule has 0 spiro atoms. The summed E-state index contributed by atoms with van der Waals surface area (Å²) in [7, 11) is 0. The zero-order valence-corrected chi connectivity index (χ0v) is 13.3. The van der Waals surface area contributed by atoms with Crippen LogP contribution in [0.15, 0.2) is 24.3 Å². The molecule has 2 nitrogen and oxygen atoms in total. The highest BCUT2D eigenvalue weighted by Crippen LogP contribution is 2.29. The topological polar surface area (TPSA) is 21.3 Å². The Morgan fingerprint density at radius 1 is 1.29 bits per heavy atom. The molecule has 0 bridgehead atoms. The van der Waals surface area contributed by atoms with Crippen molar-refractivity contribution in [3.63, 3.8) is 0 Å². The minimum atomic E-state index is -0.186. The lowest BCUT2D eigenvalue weighted by atomic mass is 9.89. The predicted octanol–water partition coefficient (Wildman–Crippen LogP) is 4.46. The maximum atomic E-state index is 13.5. The van der Waals surface area contributed by atoms with Gasteiger partial charge in [-0.25, -0.2) is 4.39 Å². The average molecular weight is 293 g/mol. The van der Waals surface area contributed by atoms with E-state index in [-0.39, 0.29) is 11.9 Å². The molecule has 3 heteroatoms. The third-order valence-corrected chi connectivity index (χ3v) is 4.30. The van der Waals surface area contributed by atoms with Gasteiger partial charge in [-0.2, -0.15) is 0 Å². The van der Waals surface area contributed by atoms with Crippen LogP contribution in [0.5, 0.6) is 0 Å². The van der Waals surface area contributed by atoms with Gasteiger partial charge in [-0.1, -0.05) is 26.0 Å². The molecule has 1 aromatic carbocycles. The Bertz CT molecular complexity index is 415. The van der Waals surface area contributed by atoms with Crippen molar-refractivity contribution in [3.8, 4) is 0 Å². The van der Waals surface area contributed by atoms with Gasteiger partial charge in [0.1, 0.15) is 5.82 Å².